The van der Waals surface area contributed by atoms with Crippen LogP contribution in [0, 0.1) is 0 Å². The van der Waals surface area contributed by atoms with Crippen LogP contribution in [-0.4, -0.2) is 39.2 Å². The van der Waals surface area contributed by atoms with E-state index in [1.54, 1.807) is 23.9 Å². The number of benzene rings is 1. The lowest BCUT2D eigenvalue weighted by atomic mass is 10.0. The predicted octanol–water partition coefficient (Wildman–Crippen LogP) is 2.70. The lowest BCUT2D eigenvalue weighted by Crippen LogP contribution is -2.48. The second-order valence-electron chi connectivity index (χ2n) is 6.52. The Morgan fingerprint density at radius 2 is 1.96 bits per heavy atom. The first-order chi connectivity index (χ1) is 13.5. The van der Waals surface area contributed by atoms with Gasteiger partial charge in [0.15, 0.2) is 0 Å². The molecule has 4 rings (SSSR count). The number of nitrogens with one attached hydrogen (secondary N) is 1. The predicted molar refractivity (Wildman–Crippen MR) is 110 cm³/mol. The molecule has 0 bridgehead atoms. The molecule has 3 heterocycles. The van der Waals surface area contributed by atoms with Crippen molar-refractivity contribution in [2.24, 2.45) is 7.05 Å². The Labute approximate surface area is 172 Å². The molecule has 3 aromatic rings. The molecule has 2 aromatic heterocycles. The summed E-state index contributed by atoms with van der Waals surface area (Å²) in [6.45, 7) is 1.99. The highest BCUT2D eigenvalue weighted by Crippen LogP contribution is 2.32. The first-order valence-corrected chi connectivity index (χ1v) is 9.57. The van der Waals surface area contributed by atoms with Crippen LogP contribution in [0.5, 0.6) is 0 Å². The van der Waals surface area contributed by atoms with Crippen molar-refractivity contribution in [3.8, 4) is 11.4 Å². The molecule has 1 aromatic carbocycles. The minimum atomic E-state index is -0.149. The summed E-state index contributed by atoms with van der Waals surface area (Å²) < 4.78 is 1.54. The van der Waals surface area contributed by atoms with E-state index >= 15 is 0 Å². The molecule has 7 nitrogen and oxygen atoms in total. The Morgan fingerprint density at radius 1 is 1.18 bits per heavy atom. The van der Waals surface area contributed by atoms with Crippen LogP contribution >= 0.6 is 23.2 Å². The van der Waals surface area contributed by atoms with Crippen molar-refractivity contribution >= 4 is 29.2 Å². The van der Waals surface area contributed by atoms with Crippen molar-refractivity contribution in [3.05, 3.63) is 68.8 Å². The number of rotatable bonds is 3. The van der Waals surface area contributed by atoms with Crippen LogP contribution in [0.1, 0.15) is 11.6 Å². The van der Waals surface area contributed by atoms with E-state index in [0.29, 0.717) is 47.0 Å². The third kappa shape index (κ3) is 3.61. The van der Waals surface area contributed by atoms with Gasteiger partial charge in [-0.15, -0.1) is 0 Å². The summed E-state index contributed by atoms with van der Waals surface area (Å²) in [5.74, 6) is 0.579. The Kier molecular flexibility index (Phi) is 5.30. The second kappa shape index (κ2) is 7.87. The number of hydrogen-bond acceptors (Lipinski definition) is 6. The summed E-state index contributed by atoms with van der Waals surface area (Å²) in [7, 11) is 1.72. The van der Waals surface area contributed by atoms with Gasteiger partial charge in [0.1, 0.15) is 6.33 Å². The van der Waals surface area contributed by atoms with E-state index in [0.717, 1.165) is 5.56 Å². The summed E-state index contributed by atoms with van der Waals surface area (Å²) in [5.41, 5.74) is 1.83. The van der Waals surface area contributed by atoms with Gasteiger partial charge in [-0.3, -0.25) is 9.36 Å². The summed E-state index contributed by atoms with van der Waals surface area (Å²) >= 11 is 12.8. The molecule has 9 heteroatoms. The van der Waals surface area contributed by atoms with Crippen LogP contribution in [0.2, 0.25) is 10.0 Å². The fraction of sp³-hybridized carbons (Fsp3) is 0.263. The largest absolute Gasteiger partial charge is 0.339 e. The number of piperazine rings is 1. The molecule has 1 atom stereocenters. The Hall–Kier alpha value is -2.48. The molecule has 0 aliphatic carbocycles. The fourth-order valence-corrected chi connectivity index (χ4v) is 4.01. The molecule has 0 radical (unpaired) electrons. The zero-order valence-electron chi connectivity index (χ0n) is 15.1. The third-order valence-corrected chi connectivity index (χ3v) is 5.42. The van der Waals surface area contributed by atoms with Crippen molar-refractivity contribution in [1.82, 2.24) is 24.8 Å². The monoisotopic (exact) mass is 416 g/mol. The third-order valence-electron chi connectivity index (χ3n) is 4.76. The van der Waals surface area contributed by atoms with Gasteiger partial charge in [0.25, 0.3) is 5.56 Å². The quantitative estimate of drug-likeness (QED) is 0.707. The molecule has 1 aliphatic heterocycles. The first kappa shape index (κ1) is 18.9. The van der Waals surface area contributed by atoms with Gasteiger partial charge < -0.3 is 10.2 Å². The number of halogens is 2. The van der Waals surface area contributed by atoms with E-state index in [1.807, 2.05) is 18.2 Å². The summed E-state index contributed by atoms with van der Waals surface area (Å²) in [6, 6.07) is 8.62. The van der Waals surface area contributed by atoms with Gasteiger partial charge in [-0.05, 0) is 18.2 Å². The topological polar surface area (TPSA) is 75.9 Å². The van der Waals surface area contributed by atoms with E-state index in [4.69, 9.17) is 28.2 Å². The Bertz CT molecular complexity index is 1040. The summed E-state index contributed by atoms with van der Waals surface area (Å²) in [4.78, 5) is 27.4. The van der Waals surface area contributed by atoms with E-state index in [1.165, 1.54) is 12.4 Å². The molecule has 144 valence electrons. The number of aromatic nitrogens is 4. The molecule has 1 aliphatic rings. The van der Waals surface area contributed by atoms with Crippen molar-refractivity contribution in [2.45, 2.75) is 6.04 Å². The number of nitrogens with zero attached hydrogens (tertiary/aromatic N) is 5. The lowest BCUT2D eigenvalue weighted by Gasteiger charge is -2.36. The molecule has 28 heavy (non-hydrogen) atoms. The first-order valence-electron chi connectivity index (χ1n) is 8.81. The van der Waals surface area contributed by atoms with Crippen LogP contribution in [0.4, 0.5) is 5.95 Å². The van der Waals surface area contributed by atoms with Gasteiger partial charge in [-0.25, -0.2) is 15.0 Å². The smallest absolute Gasteiger partial charge is 0.255 e. The van der Waals surface area contributed by atoms with Gasteiger partial charge in [-0.2, -0.15) is 0 Å². The van der Waals surface area contributed by atoms with E-state index < -0.39 is 0 Å². The lowest BCUT2D eigenvalue weighted by molar-refractivity contribution is 0.462. The van der Waals surface area contributed by atoms with Gasteiger partial charge in [0.05, 0.1) is 17.4 Å². The van der Waals surface area contributed by atoms with Crippen LogP contribution in [0.25, 0.3) is 11.4 Å². The fourth-order valence-electron chi connectivity index (χ4n) is 3.35. The van der Waals surface area contributed by atoms with Gasteiger partial charge >= 0.3 is 0 Å². The standard InChI is InChI=1S/C19H18Cl2N6O/c1-26-17(28)9-15(14-5-6-22-11-24-14)25-19(26)27-8-7-23-16(10-27)18-12(20)3-2-4-13(18)21/h2-6,9,11,16,23H,7-8,10H2,1H3. The van der Waals surface area contributed by atoms with Gasteiger partial charge in [-0.1, -0.05) is 29.3 Å². The van der Waals surface area contributed by atoms with E-state index in [9.17, 15) is 4.79 Å². The minimum Gasteiger partial charge on any atom is -0.339 e. The molecule has 1 N–H and O–H groups in total. The maximum Gasteiger partial charge on any atom is 0.255 e. The van der Waals surface area contributed by atoms with Gasteiger partial charge in [0, 0.05) is 54.6 Å². The molecule has 1 unspecified atom stereocenters. The Balaban J connectivity index is 1.71. The Morgan fingerprint density at radius 3 is 2.68 bits per heavy atom. The maximum absolute atomic E-state index is 12.5. The van der Waals surface area contributed by atoms with Crippen molar-refractivity contribution in [1.29, 1.82) is 0 Å². The van der Waals surface area contributed by atoms with Crippen LogP contribution in [-0.2, 0) is 7.05 Å². The SMILES string of the molecule is Cn1c(N2CCNC(c3c(Cl)cccc3Cl)C2)nc(-c2ccncn2)cc1=O. The highest BCUT2D eigenvalue weighted by atomic mass is 35.5. The van der Waals surface area contributed by atoms with E-state index in [-0.39, 0.29) is 11.6 Å². The zero-order valence-corrected chi connectivity index (χ0v) is 16.7. The van der Waals surface area contributed by atoms with Crippen LogP contribution < -0.4 is 15.8 Å². The van der Waals surface area contributed by atoms with Crippen molar-refractivity contribution in [2.75, 3.05) is 24.5 Å². The molecular formula is C19H18Cl2N6O. The molecule has 1 saturated heterocycles. The van der Waals surface area contributed by atoms with Gasteiger partial charge in [0.2, 0.25) is 5.95 Å². The molecule has 0 saturated carbocycles. The molecule has 0 amide bonds. The second-order valence-corrected chi connectivity index (χ2v) is 7.34. The minimum absolute atomic E-state index is 0.0745. The zero-order chi connectivity index (χ0) is 19.7. The molecular weight excluding hydrogens is 399 g/mol. The summed E-state index contributed by atoms with van der Waals surface area (Å²) in [6.07, 6.45) is 3.07. The normalized spacial score (nSPS) is 17.0. The average molecular weight is 417 g/mol. The highest BCUT2D eigenvalue weighted by Gasteiger charge is 2.27. The number of anilines is 1. The van der Waals surface area contributed by atoms with Crippen molar-refractivity contribution < 1.29 is 0 Å². The van der Waals surface area contributed by atoms with Crippen LogP contribution in [0.3, 0.4) is 0 Å². The average Bonchev–Trinajstić information content (AvgIpc) is 2.71. The summed E-state index contributed by atoms with van der Waals surface area (Å²) in [5, 5.41) is 4.68. The highest BCUT2D eigenvalue weighted by molar-refractivity contribution is 6.36. The molecule has 1 fully saturated rings. The number of hydrogen-bond donors (Lipinski definition) is 1. The van der Waals surface area contributed by atoms with E-state index in [2.05, 4.69) is 20.2 Å². The van der Waals surface area contributed by atoms with Crippen molar-refractivity contribution in [3.63, 3.8) is 0 Å². The maximum atomic E-state index is 12.5. The van der Waals surface area contributed by atoms with Crippen LogP contribution in [0.15, 0.2) is 47.7 Å². The molecule has 0 spiro atoms.